The van der Waals surface area contributed by atoms with Crippen molar-refractivity contribution in [2.75, 3.05) is 20.2 Å². The molecule has 1 fully saturated rings. The van der Waals surface area contributed by atoms with E-state index in [2.05, 4.69) is 19.2 Å². The normalized spacial score (nSPS) is 16.7. The molecular formula is C25H34N2O4S. The van der Waals surface area contributed by atoms with E-state index in [4.69, 9.17) is 4.74 Å². The number of aryl methyl sites for hydroxylation is 1. The van der Waals surface area contributed by atoms with Crippen LogP contribution in [-0.4, -0.2) is 38.8 Å². The van der Waals surface area contributed by atoms with Gasteiger partial charge in [-0.05, 0) is 56.4 Å². The van der Waals surface area contributed by atoms with Crippen molar-refractivity contribution in [3.63, 3.8) is 0 Å². The van der Waals surface area contributed by atoms with Gasteiger partial charge >= 0.3 is 0 Å². The monoisotopic (exact) mass is 458 g/mol. The molecule has 6 nitrogen and oxygen atoms in total. The van der Waals surface area contributed by atoms with Crippen LogP contribution >= 0.6 is 0 Å². The fourth-order valence-corrected chi connectivity index (χ4v) is 5.60. The van der Waals surface area contributed by atoms with Crippen LogP contribution in [0.3, 0.4) is 0 Å². The number of carbonyl (C=O) groups excluding carboxylic acids is 1. The van der Waals surface area contributed by atoms with Crippen molar-refractivity contribution in [3.05, 3.63) is 59.2 Å². The molecule has 1 unspecified atom stereocenters. The van der Waals surface area contributed by atoms with Crippen LogP contribution in [0.4, 0.5) is 0 Å². The van der Waals surface area contributed by atoms with Crippen molar-refractivity contribution in [2.45, 2.75) is 57.4 Å². The van der Waals surface area contributed by atoms with Gasteiger partial charge in [-0.1, -0.05) is 43.7 Å². The predicted octanol–water partition coefficient (Wildman–Crippen LogP) is 4.41. The molecule has 0 aromatic heterocycles. The molecule has 1 aliphatic heterocycles. The number of nitrogens with one attached hydrogen (secondary N) is 1. The number of sulfonamides is 1. The predicted molar refractivity (Wildman–Crippen MR) is 126 cm³/mol. The Morgan fingerprint density at radius 3 is 2.25 bits per heavy atom. The van der Waals surface area contributed by atoms with Gasteiger partial charge in [0.2, 0.25) is 15.9 Å². The molecule has 2 aromatic carbocycles. The highest BCUT2D eigenvalue weighted by Crippen LogP contribution is 2.28. The van der Waals surface area contributed by atoms with E-state index in [1.807, 2.05) is 44.2 Å². The molecule has 0 aliphatic carbocycles. The van der Waals surface area contributed by atoms with Crippen molar-refractivity contribution in [1.82, 2.24) is 9.62 Å². The lowest BCUT2D eigenvalue weighted by Gasteiger charge is -2.31. The summed E-state index contributed by atoms with van der Waals surface area (Å²) >= 11 is 0. The summed E-state index contributed by atoms with van der Waals surface area (Å²) < 4.78 is 33.0. The maximum absolute atomic E-state index is 13.0. The Hall–Kier alpha value is -2.38. The fourth-order valence-electron chi connectivity index (χ4n) is 4.13. The minimum atomic E-state index is -3.55. The second-order valence-corrected chi connectivity index (χ2v) is 10.8. The summed E-state index contributed by atoms with van der Waals surface area (Å²) in [6.07, 6.45) is 1.01. The van der Waals surface area contributed by atoms with Crippen molar-refractivity contribution in [2.24, 2.45) is 5.92 Å². The Labute approximate surface area is 192 Å². The average Bonchev–Trinajstić information content (AvgIpc) is 2.79. The Morgan fingerprint density at radius 2 is 1.69 bits per heavy atom. The highest BCUT2D eigenvalue weighted by Gasteiger charge is 2.32. The molecule has 1 atom stereocenters. The molecule has 2 aromatic rings. The van der Waals surface area contributed by atoms with Gasteiger partial charge in [-0.2, -0.15) is 4.31 Å². The van der Waals surface area contributed by atoms with Crippen LogP contribution in [0.25, 0.3) is 0 Å². The number of hydrogen-bond donors (Lipinski definition) is 1. The number of methoxy groups -OCH3 is 1. The standard InChI is InChI=1S/C25H34N2O4S/c1-17(2)20-7-9-22(10-8-20)32(29,30)27-14-12-21(13-15-27)25(28)26-19(4)23-16-18(3)6-11-24(23)31-5/h6-11,16-17,19,21H,12-15H2,1-5H3,(H,26,28). The third kappa shape index (κ3) is 5.33. The fraction of sp³-hybridized carbons (Fsp3) is 0.480. The van der Waals surface area contributed by atoms with Gasteiger partial charge in [0.05, 0.1) is 18.0 Å². The van der Waals surface area contributed by atoms with Crippen LogP contribution in [0, 0.1) is 12.8 Å². The molecule has 0 spiro atoms. The lowest BCUT2D eigenvalue weighted by molar-refractivity contribution is -0.126. The van der Waals surface area contributed by atoms with Gasteiger partial charge < -0.3 is 10.1 Å². The van der Waals surface area contributed by atoms with Crippen molar-refractivity contribution in [1.29, 1.82) is 0 Å². The first-order valence-corrected chi connectivity index (χ1v) is 12.6. The van der Waals surface area contributed by atoms with Crippen LogP contribution < -0.4 is 10.1 Å². The number of carbonyl (C=O) groups is 1. The molecule has 1 N–H and O–H groups in total. The maximum atomic E-state index is 13.0. The molecule has 1 amide bonds. The molecule has 1 heterocycles. The first kappa shape index (κ1) is 24.3. The quantitative estimate of drug-likeness (QED) is 0.667. The third-order valence-electron chi connectivity index (χ3n) is 6.22. The largest absolute Gasteiger partial charge is 0.496 e. The van der Waals surface area contributed by atoms with Gasteiger partial charge in [0.1, 0.15) is 5.75 Å². The van der Waals surface area contributed by atoms with Crippen LogP contribution in [0.5, 0.6) is 5.75 Å². The van der Waals surface area contributed by atoms with Gasteiger partial charge in [-0.25, -0.2) is 8.42 Å². The number of ether oxygens (including phenoxy) is 1. The summed E-state index contributed by atoms with van der Waals surface area (Å²) in [7, 11) is -1.93. The molecule has 174 valence electrons. The minimum Gasteiger partial charge on any atom is -0.496 e. The van der Waals surface area contributed by atoms with Crippen molar-refractivity contribution >= 4 is 15.9 Å². The number of rotatable bonds is 7. The van der Waals surface area contributed by atoms with E-state index >= 15 is 0 Å². The number of nitrogens with zero attached hydrogens (tertiary/aromatic N) is 1. The van der Waals surface area contributed by atoms with Crippen LogP contribution in [0.15, 0.2) is 47.4 Å². The van der Waals surface area contributed by atoms with Crippen molar-refractivity contribution in [3.8, 4) is 5.75 Å². The average molecular weight is 459 g/mol. The highest BCUT2D eigenvalue weighted by atomic mass is 32.2. The number of hydrogen-bond acceptors (Lipinski definition) is 4. The van der Waals surface area contributed by atoms with E-state index in [-0.39, 0.29) is 17.9 Å². The Morgan fingerprint density at radius 1 is 1.06 bits per heavy atom. The van der Waals surface area contributed by atoms with E-state index in [0.717, 1.165) is 22.4 Å². The first-order valence-electron chi connectivity index (χ1n) is 11.2. The van der Waals surface area contributed by atoms with Crippen LogP contribution in [0.1, 0.15) is 62.3 Å². The third-order valence-corrected chi connectivity index (χ3v) is 8.13. The number of amides is 1. The Bertz CT molecular complexity index is 1040. The molecule has 3 rings (SSSR count). The summed E-state index contributed by atoms with van der Waals surface area (Å²) in [5, 5.41) is 3.08. The second kappa shape index (κ2) is 10.0. The highest BCUT2D eigenvalue weighted by molar-refractivity contribution is 7.89. The first-order chi connectivity index (χ1) is 15.1. The molecule has 32 heavy (non-hydrogen) atoms. The number of benzene rings is 2. The van der Waals surface area contributed by atoms with Gasteiger partial charge in [0.15, 0.2) is 0 Å². The van der Waals surface area contributed by atoms with Crippen molar-refractivity contribution < 1.29 is 17.9 Å². The lowest BCUT2D eigenvalue weighted by atomic mass is 9.96. The molecule has 7 heteroatoms. The molecule has 0 radical (unpaired) electrons. The second-order valence-electron chi connectivity index (χ2n) is 8.88. The maximum Gasteiger partial charge on any atom is 0.243 e. The van der Waals surface area contributed by atoms with E-state index in [0.29, 0.717) is 36.7 Å². The zero-order valence-electron chi connectivity index (χ0n) is 19.6. The van der Waals surface area contributed by atoms with Crippen LogP contribution in [0.2, 0.25) is 0 Å². The summed E-state index contributed by atoms with van der Waals surface area (Å²) in [4.78, 5) is 13.2. The van der Waals surface area contributed by atoms with E-state index in [1.165, 1.54) is 4.31 Å². The summed E-state index contributed by atoms with van der Waals surface area (Å²) in [5.41, 5.74) is 3.14. The van der Waals surface area contributed by atoms with Gasteiger partial charge in [0.25, 0.3) is 0 Å². The topological polar surface area (TPSA) is 75.7 Å². The molecule has 0 bridgehead atoms. The Kier molecular flexibility index (Phi) is 7.62. The molecular weight excluding hydrogens is 424 g/mol. The van der Waals surface area contributed by atoms with E-state index in [9.17, 15) is 13.2 Å². The van der Waals surface area contributed by atoms with Crippen LogP contribution in [-0.2, 0) is 14.8 Å². The Balaban J connectivity index is 1.61. The number of piperidine rings is 1. The summed E-state index contributed by atoms with van der Waals surface area (Å²) in [6, 6.07) is 12.8. The SMILES string of the molecule is COc1ccc(C)cc1C(C)NC(=O)C1CCN(S(=O)(=O)c2ccc(C(C)C)cc2)CC1. The molecule has 1 aliphatic rings. The summed E-state index contributed by atoms with van der Waals surface area (Å²) in [5.74, 6) is 0.846. The minimum absolute atomic E-state index is 0.0422. The zero-order chi connectivity index (χ0) is 23.5. The molecule has 0 saturated carbocycles. The lowest BCUT2D eigenvalue weighted by Crippen LogP contribution is -2.43. The van der Waals surface area contributed by atoms with E-state index in [1.54, 1.807) is 19.2 Å². The van der Waals surface area contributed by atoms with Gasteiger partial charge in [-0.3, -0.25) is 4.79 Å². The van der Waals surface area contributed by atoms with E-state index < -0.39 is 10.0 Å². The zero-order valence-corrected chi connectivity index (χ0v) is 20.4. The smallest absolute Gasteiger partial charge is 0.243 e. The van der Waals surface area contributed by atoms with Gasteiger partial charge in [-0.15, -0.1) is 0 Å². The van der Waals surface area contributed by atoms with Gasteiger partial charge in [0, 0.05) is 24.6 Å². The summed E-state index contributed by atoms with van der Waals surface area (Å²) in [6.45, 7) is 8.78. The molecule has 1 saturated heterocycles.